The first-order valence-electron chi connectivity index (χ1n) is 7.37. The average Bonchev–Trinajstić information content (AvgIpc) is 3.05. The summed E-state index contributed by atoms with van der Waals surface area (Å²) in [5.41, 5.74) is 0.932. The fourth-order valence-corrected chi connectivity index (χ4v) is 3.74. The molecule has 3 rings (SSSR count). The highest BCUT2D eigenvalue weighted by Crippen LogP contribution is 2.41. The molecule has 0 aromatic carbocycles. The first-order chi connectivity index (χ1) is 11.3. The third-order valence-corrected chi connectivity index (χ3v) is 4.97. The average molecular weight is 332 g/mol. The summed E-state index contributed by atoms with van der Waals surface area (Å²) in [7, 11) is 0. The lowest BCUT2D eigenvalue weighted by molar-refractivity contribution is -0.106. The maximum Gasteiger partial charge on any atom is 0.213 e. The summed E-state index contributed by atoms with van der Waals surface area (Å²) in [5.74, 6) is 1.09. The van der Waals surface area contributed by atoms with E-state index in [1.165, 1.54) is 11.3 Å². The van der Waals surface area contributed by atoms with E-state index in [0.717, 1.165) is 36.4 Å². The van der Waals surface area contributed by atoms with Crippen molar-refractivity contribution in [2.24, 2.45) is 0 Å². The Morgan fingerprint density at radius 1 is 1.00 bits per heavy atom. The number of nitrogens with zero attached hydrogens (tertiary/aromatic N) is 4. The summed E-state index contributed by atoms with van der Waals surface area (Å²) in [6, 6.07) is 3.67. The van der Waals surface area contributed by atoms with E-state index in [-0.39, 0.29) is 0 Å². The molecule has 120 valence electrons. The standard InChI is InChI=1S/C14H16N6O2S/c21-7-15-12-5-4-11(17-18-12)9-2-1-3-10(6-9)13-19-20-14(23-13)16-8-22/h4-5,7-10H,1-3,6H2,(H,15,18,21)(H,16,20,22)/t9?,10-/m1/s1. The first-order valence-corrected chi connectivity index (χ1v) is 8.19. The zero-order chi connectivity index (χ0) is 16.1. The number of carbonyl (C=O) groups is 2. The molecular weight excluding hydrogens is 316 g/mol. The Hall–Kier alpha value is -2.42. The quantitative estimate of drug-likeness (QED) is 0.782. The smallest absolute Gasteiger partial charge is 0.213 e. The summed E-state index contributed by atoms with van der Waals surface area (Å²) >= 11 is 1.42. The minimum absolute atomic E-state index is 0.318. The predicted octanol–water partition coefficient (Wildman–Crippen LogP) is 1.91. The molecule has 0 saturated heterocycles. The van der Waals surface area contributed by atoms with E-state index >= 15 is 0 Å². The Labute approximate surface area is 136 Å². The van der Waals surface area contributed by atoms with Gasteiger partial charge >= 0.3 is 0 Å². The molecule has 2 aromatic heterocycles. The Morgan fingerprint density at radius 3 is 2.57 bits per heavy atom. The summed E-state index contributed by atoms with van der Waals surface area (Å²) < 4.78 is 0. The molecule has 23 heavy (non-hydrogen) atoms. The Bertz CT molecular complexity index is 674. The van der Waals surface area contributed by atoms with Gasteiger partial charge in [0.2, 0.25) is 18.0 Å². The molecule has 2 aromatic rings. The van der Waals surface area contributed by atoms with Crippen LogP contribution in [0, 0.1) is 0 Å². The van der Waals surface area contributed by atoms with Gasteiger partial charge in [-0.05, 0) is 31.4 Å². The van der Waals surface area contributed by atoms with Crippen molar-refractivity contribution < 1.29 is 9.59 Å². The third-order valence-electron chi connectivity index (χ3n) is 3.96. The van der Waals surface area contributed by atoms with Crippen LogP contribution in [0.15, 0.2) is 12.1 Å². The summed E-state index contributed by atoms with van der Waals surface area (Å²) in [6.45, 7) is 0. The van der Waals surface area contributed by atoms with Gasteiger partial charge in [0.05, 0.1) is 5.69 Å². The predicted molar refractivity (Wildman–Crippen MR) is 85.3 cm³/mol. The number of aromatic nitrogens is 4. The number of amides is 2. The van der Waals surface area contributed by atoms with E-state index in [1.807, 2.05) is 6.07 Å². The van der Waals surface area contributed by atoms with Crippen LogP contribution in [0.4, 0.5) is 10.9 Å². The number of hydrogen-bond acceptors (Lipinski definition) is 7. The van der Waals surface area contributed by atoms with Crippen LogP contribution in [0.1, 0.15) is 48.2 Å². The molecule has 2 atom stereocenters. The van der Waals surface area contributed by atoms with Crippen LogP contribution in [0.25, 0.3) is 0 Å². The van der Waals surface area contributed by atoms with Gasteiger partial charge in [0.15, 0.2) is 5.82 Å². The molecule has 8 nitrogen and oxygen atoms in total. The topological polar surface area (TPSA) is 110 Å². The highest BCUT2D eigenvalue weighted by atomic mass is 32.1. The summed E-state index contributed by atoms with van der Waals surface area (Å²) in [5, 5.41) is 22.9. The minimum atomic E-state index is 0.318. The molecule has 1 aliphatic rings. The van der Waals surface area contributed by atoms with Gasteiger partial charge in [-0.1, -0.05) is 17.8 Å². The van der Waals surface area contributed by atoms with Gasteiger partial charge in [-0.3, -0.25) is 9.59 Å². The van der Waals surface area contributed by atoms with Crippen LogP contribution in [-0.4, -0.2) is 33.2 Å². The molecule has 0 spiro atoms. The lowest BCUT2D eigenvalue weighted by Crippen LogP contribution is -2.14. The van der Waals surface area contributed by atoms with Gasteiger partial charge in [0.1, 0.15) is 5.01 Å². The van der Waals surface area contributed by atoms with Crippen LogP contribution >= 0.6 is 11.3 Å². The van der Waals surface area contributed by atoms with Gasteiger partial charge in [-0.25, -0.2) is 0 Å². The van der Waals surface area contributed by atoms with Crippen molar-refractivity contribution in [3.05, 3.63) is 22.8 Å². The Kier molecular flexibility index (Phi) is 4.86. The number of hydrogen-bond donors (Lipinski definition) is 2. The second-order valence-electron chi connectivity index (χ2n) is 5.37. The first kappa shape index (κ1) is 15.5. The number of rotatable bonds is 6. The van der Waals surface area contributed by atoms with Gasteiger partial charge in [0.25, 0.3) is 0 Å². The largest absolute Gasteiger partial charge is 0.312 e. The maximum absolute atomic E-state index is 10.5. The Morgan fingerprint density at radius 2 is 1.83 bits per heavy atom. The molecule has 2 amide bonds. The number of carbonyl (C=O) groups excluding carboxylic acids is 2. The van der Waals surface area contributed by atoms with E-state index in [0.29, 0.717) is 35.6 Å². The fraction of sp³-hybridized carbons (Fsp3) is 0.429. The van der Waals surface area contributed by atoms with Crippen molar-refractivity contribution in [3.8, 4) is 0 Å². The highest BCUT2D eigenvalue weighted by molar-refractivity contribution is 7.15. The maximum atomic E-state index is 10.5. The van der Waals surface area contributed by atoms with E-state index in [1.54, 1.807) is 6.07 Å². The van der Waals surface area contributed by atoms with E-state index in [4.69, 9.17) is 0 Å². The van der Waals surface area contributed by atoms with Gasteiger partial charge < -0.3 is 10.6 Å². The van der Waals surface area contributed by atoms with E-state index < -0.39 is 0 Å². The molecule has 0 radical (unpaired) electrons. The number of anilines is 2. The normalized spacial score (nSPS) is 20.7. The van der Waals surface area contributed by atoms with E-state index in [9.17, 15) is 9.59 Å². The zero-order valence-corrected chi connectivity index (χ0v) is 13.1. The van der Waals surface area contributed by atoms with Crippen LogP contribution in [-0.2, 0) is 9.59 Å². The molecular formula is C14H16N6O2S. The van der Waals surface area contributed by atoms with E-state index in [2.05, 4.69) is 31.0 Å². The zero-order valence-electron chi connectivity index (χ0n) is 12.3. The van der Waals surface area contributed by atoms with Gasteiger partial charge in [-0.2, -0.15) is 5.10 Å². The SMILES string of the molecule is O=CNc1ccc(C2CCC[C@@H](c3nnc(NC=O)s3)C2)nn1. The molecule has 1 saturated carbocycles. The molecule has 0 bridgehead atoms. The van der Waals surface area contributed by atoms with Crippen LogP contribution < -0.4 is 10.6 Å². The third kappa shape index (κ3) is 3.67. The van der Waals surface area contributed by atoms with Crippen molar-refractivity contribution in [2.45, 2.75) is 37.5 Å². The molecule has 2 heterocycles. The van der Waals surface area contributed by atoms with Crippen molar-refractivity contribution in [2.75, 3.05) is 10.6 Å². The lowest BCUT2D eigenvalue weighted by Gasteiger charge is -2.26. The van der Waals surface area contributed by atoms with Crippen LogP contribution in [0.2, 0.25) is 0 Å². The summed E-state index contributed by atoms with van der Waals surface area (Å²) in [6.07, 6.45) is 5.33. The number of nitrogens with one attached hydrogen (secondary N) is 2. The molecule has 1 fully saturated rings. The van der Waals surface area contributed by atoms with Gasteiger partial charge in [0, 0.05) is 11.8 Å². The molecule has 9 heteroatoms. The van der Waals surface area contributed by atoms with Crippen LogP contribution in [0.3, 0.4) is 0 Å². The van der Waals surface area contributed by atoms with Crippen molar-refractivity contribution in [1.82, 2.24) is 20.4 Å². The molecule has 1 unspecified atom stereocenters. The van der Waals surface area contributed by atoms with Crippen molar-refractivity contribution in [1.29, 1.82) is 0 Å². The summed E-state index contributed by atoms with van der Waals surface area (Å²) in [4.78, 5) is 20.8. The highest BCUT2D eigenvalue weighted by Gasteiger charge is 2.28. The minimum Gasteiger partial charge on any atom is -0.312 e. The fourth-order valence-electron chi connectivity index (χ4n) is 2.89. The lowest BCUT2D eigenvalue weighted by atomic mass is 9.80. The second kappa shape index (κ2) is 7.23. The molecule has 2 N–H and O–H groups in total. The van der Waals surface area contributed by atoms with Crippen LogP contribution in [0.5, 0.6) is 0 Å². The monoisotopic (exact) mass is 332 g/mol. The van der Waals surface area contributed by atoms with Gasteiger partial charge in [-0.15, -0.1) is 15.3 Å². The second-order valence-corrected chi connectivity index (χ2v) is 6.38. The Balaban J connectivity index is 1.69. The molecule has 1 aliphatic carbocycles. The molecule has 0 aliphatic heterocycles. The van der Waals surface area contributed by atoms with Crippen molar-refractivity contribution >= 4 is 35.1 Å². The van der Waals surface area contributed by atoms with Crippen molar-refractivity contribution in [3.63, 3.8) is 0 Å².